The monoisotopic (exact) mass is 234 g/mol. The predicted octanol–water partition coefficient (Wildman–Crippen LogP) is 1.44. The number of hydrogen-bond donors (Lipinski definition) is 1. The highest BCUT2D eigenvalue weighted by atomic mass is 15.2. The van der Waals surface area contributed by atoms with Crippen molar-refractivity contribution >= 4 is 0 Å². The van der Waals surface area contributed by atoms with Crippen LogP contribution >= 0.6 is 0 Å². The van der Waals surface area contributed by atoms with Crippen molar-refractivity contribution < 1.29 is 0 Å². The maximum absolute atomic E-state index is 4.29. The highest BCUT2D eigenvalue weighted by molar-refractivity contribution is 4.98. The number of aromatic nitrogens is 2. The van der Waals surface area contributed by atoms with E-state index < -0.39 is 0 Å². The minimum atomic E-state index is 0.569. The van der Waals surface area contributed by atoms with Crippen molar-refractivity contribution in [1.82, 2.24) is 20.2 Å². The van der Waals surface area contributed by atoms with Crippen LogP contribution in [0.3, 0.4) is 0 Å². The SMILES string of the molecule is CC(C)NC1CCCN(Cc2ccncn2)C1. The average Bonchev–Trinajstić information content (AvgIpc) is 2.30. The molecule has 1 aliphatic heterocycles. The molecule has 17 heavy (non-hydrogen) atoms. The van der Waals surface area contributed by atoms with Crippen LogP contribution in [0.25, 0.3) is 0 Å². The standard InChI is InChI=1S/C13H22N4/c1-11(2)16-13-4-3-7-17(9-13)8-12-5-6-14-10-15-12/h5-6,10-11,13,16H,3-4,7-9H2,1-2H3. The van der Waals surface area contributed by atoms with Gasteiger partial charge in [0.2, 0.25) is 0 Å². The Morgan fingerprint density at radius 3 is 3.12 bits per heavy atom. The highest BCUT2D eigenvalue weighted by Crippen LogP contribution is 2.12. The molecule has 94 valence electrons. The first-order valence-electron chi connectivity index (χ1n) is 6.47. The molecule has 0 aromatic carbocycles. The zero-order valence-electron chi connectivity index (χ0n) is 10.8. The van der Waals surface area contributed by atoms with Crippen molar-refractivity contribution in [3.05, 3.63) is 24.3 Å². The second-order valence-electron chi connectivity index (χ2n) is 5.10. The first-order chi connectivity index (χ1) is 8.24. The van der Waals surface area contributed by atoms with Crippen LogP contribution in [0.1, 0.15) is 32.4 Å². The van der Waals surface area contributed by atoms with Crippen molar-refractivity contribution in [2.24, 2.45) is 0 Å². The maximum atomic E-state index is 4.29. The molecule has 1 atom stereocenters. The third-order valence-electron chi connectivity index (χ3n) is 3.10. The summed E-state index contributed by atoms with van der Waals surface area (Å²) in [5.74, 6) is 0. The minimum Gasteiger partial charge on any atom is -0.311 e. The first kappa shape index (κ1) is 12.5. The van der Waals surface area contributed by atoms with E-state index in [2.05, 4.69) is 34.0 Å². The minimum absolute atomic E-state index is 0.569. The Hall–Kier alpha value is -1.00. The summed E-state index contributed by atoms with van der Waals surface area (Å²) < 4.78 is 0. The molecule has 1 saturated heterocycles. The molecule has 0 aliphatic carbocycles. The van der Waals surface area contributed by atoms with E-state index in [1.807, 2.05) is 12.3 Å². The topological polar surface area (TPSA) is 41.0 Å². The molecular formula is C13H22N4. The van der Waals surface area contributed by atoms with Gasteiger partial charge in [-0.3, -0.25) is 4.90 Å². The van der Waals surface area contributed by atoms with Gasteiger partial charge in [-0.2, -0.15) is 0 Å². The summed E-state index contributed by atoms with van der Waals surface area (Å²) in [6, 6.07) is 3.20. The molecule has 0 spiro atoms. The van der Waals surface area contributed by atoms with Gasteiger partial charge in [-0.05, 0) is 25.5 Å². The van der Waals surface area contributed by atoms with Crippen LogP contribution in [0.5, 0.6) is 0 Å². The summed E-state index contributed by atoms with van der Waals surface area (Å²) >= 11 is 0. The Balaban J connectivity index is 1.85. The van der Waals surface area contributed by atoms with Crippen LogP contribution in [0.15, 0.2) is 18.6 Å². The average molecular weight is 234 g/mol. The lowest BCUT2D eigenvalue weighted by molar-refractivity contribution is 0.177. The van der Waals surface area contributed by atoms with Gasteiger partial charge < -0.3 is 5.32 Å². The normalized spacial score (nSPS) is 21.9. The van der Waals surface area contributed by atoms with E-state index in [1.165, 1.54) is 19.4 Å². The molecule has 1 unspecified atom stereocenters. The van der Waals surface area contributed by atoms with Crippen molar-refractivity contribution in [2.75, 3.05) is 13.1 Å². The summed E-state index contributed by atoms with van der Waals surface area (Å²) in [6.07, 6.45) is 6.01. The Labute approximate surface area is 103 Å². The summed E-state index contributed by atoms with van der Waals surface area (Å²) in [7, 11) is 0. The lowest BCUT2D eigenvalue weighted by Crippen LogP contribution is -2.47. The van der Waals surface area contributed by atoms with E-state index in [9.17, 15) is 0 Å². The summed E-state index contributed by atoms with van der Waals surface area (Å²) in [6.45, 7) is 7.67. The van der Waals surface area contributed by atoms with Gasteiger partial charge >= 0.3 is 0 Å². The maximum Gasteiger partial charge on any atom is 0.115 e. The molecule has 2 heterocycles. The molecule has 0 radical (unpaired) electrons. The van der Waals surface area contributed by atoms with Gasteiger partial charge in [0.05, 0.1) is 5.69 Å². The first-order valence-corrected chi connectivity index (χ1v) is 6.47. The third kappa shape index (κ3) is 4.06. The molecule has 0 amide bonds. The number of nitrogens with zero attached hydrogens (tertiary/aromatic N) is 3. The third-order valence-corrected chi connectivity index (χ3v) is 3.10. The van der Waals surface area contributed by atoms with Crippen molar-refractivity contribution in [2.45, 2.75) is 45.3 Å². The van der Waals surface area contributed by atoms with Crippen molar-refractivity contribution in [3.8, 4) is 0 Å². The predicted molar refractivity (Wildman–Crippen MR) is 68.6 cm³/mol. The van der Waals surface area contributed by atoms with Gasteiger partial charge in [0.1, 0.15) is 6.33 Å². The van der Waals surface area contributed by atoms with E-state index >= 15 is 0 Å². The fraction of sp³-hybridized carbons (Fsp3) is 0.692. The Bertz CT molecular complexity index is 325. The van der Waals surface area contributed by atoms with E-state index in [0.717, 1.165) is 18.8 Å². The van der Waals surface area contributed by atoms with Gasteiger partial charge in [-0.25, -0.2) is 9.97 Å². The van der Waals surface area contributed by atoms with Crippen LogP contribution in [0.4, 0.5) is 0 Å². The van der Waals surface area contributed by atoms with Gasteiger partial charge in [0.25, 0.3) is 0 Å². The fourth-order valence-corrected chi connectivity index (χ4v) is 2.45. The number of nitrogens with one attached hydrogen (secondary N) is 1. The van der Waals surface area contributed by atoms with E-state index in [4.69, 9.17) is 0 Å². The fourth-order valence-electron chi connectivity index (χ4n) is 2.45. The summed E-state index contributed by atoms with van der Waals surface area (Å²) in [4.78, 5) is 10.7. The van der Waals surface area contributed by atoms with Gasteiger partial charge in [-0.15, -0.1) is 0 Å². The Kier molecular flexibility index (Phi) is 4.45. The molecule has 1 N–H and O–H groups in total. The Morgan fingerprint density at radius 1 is 1.53 bits per heavy atom. The summed E-state index contributed by atoms with van der Waals surface area (Å²) in [5, 5.41) is 3.62. The number of likely N-dealkylation sites (tertiary alicyclic amines) is 1. The molecule has 4 nitrogen and oxygen atoms in total. The zero-order valence-corrected chi connectivity index (χ0v) is 10.8. The lowest BCUT2D eigenvalue weighted by atomic mass is 10.0. The van der Waals surface area contributed by atoms with Crippen LogP contribution in [-0.4, -0.2) is 40.0 Å². The van der Waals surface area contributed by atoms with Crippen LogP contribution in [0.2, 0.25) is 0 Å². The van der Waals surface area contributed by atoms with Crippen molar-refractivity contribution in [1.29, 1.82) is 0 Å². The molecule has 1 aromatic rings. The molecule has 4 heteroatoms. The zero-order chi connectivity index (χ0) is 12.1. The van der Waals surface area contributed by atoms with Crippen molar-refractivity contribution in [3.63, 3.8) is 0 Å². The number of piperidine rings is 1. The van der Waals surface area contributed by atoms with E-state index in [0.29, 0.717) is 12.1 Å². The van der Waals surface area contributed by atoms with Crippen LogP contribution in [0, 0.1) is 0 Å². The second kappa shape index (κ2) is 6.07. The van der Waals surface area contributed by atoms with Gasteiger partial charge in [-0.1, -0.05) is 13.8 Å². The largest absolute Gasteiger partial charge is 0.311 e. The van der Waals surface area contributed by atoms with Crippen LogP contribution < -0.4 is 5.32 Å². The molecular weight excluding hydrogens is 212 g/mol. The van der Waals surface area contributed by atoms with Crippen LogP contribution in [-0.2, 0) is 6.54 Å². The van der Waals surface area contributed by atoms with E-state index in [1.54, 1.807) is 6.33 Å². The Morgan fingerprint density at radius 2 is 2.41 bits per heavy atom. The van der Waals surface area contributed by atoms with E-state index in [-0.39, 0.29) is 0 Å². The lowest BCUT2D eigenvalue weighted by Gasteiger charge is -2.34. The van der Waals surface area contributed by atoms with Gasteiger partial charge in [0, 0.05) is 31.4 Å². The summed E-state index contributed by atoms with van der Waals surface area (Å²) in [5.41, 5.74) is 1.12. The second-order valence-corrected chi connectivity index (χ2v) is 5.10. The smallest absolute Gasteiger partial charge is 0.115 e. The number of rotatable bonds is 4. The van der Waals surface area contributed by atoms with Gasteiger partial charge in [0.15, 0.2) is 0 Å². The molecule has 1 fully saturated rings. The highest BCUT2D eigenvalue weighted by Gasteiger charge is 2.20. The molecule has 2 rings (SSSR count). The quantitative estimate of drug-likeness (QED) is 0.856. The molecule has 0 bridgehead atoms. The number of hydrogen-bond acceptors (Lipinski definition) is 4. The molecule has 1 aromatic heterocycles. The molecule has 0 saturated carbocycles. The molecule has 1 aliphatic rings.